The van der Waals surface area contributed by atoms with E-state index in [1.807, 2.05) is 230 Å². The van der Waals surface area contributed by atoms with Crippen LogP contribution in [0.1, 0.15) is 143 Å². The van der Waals surface area contributed by atoms with E-state index in [1.165, 1.54) is 0 Å². The van der Waals surface area contributed by atoms with E-state index in [-0.39, 0.29) is 36.4 Å². The fraction of sp³-hybridized carbons (Fsp3) is 0.424. The van der Waals surface area contributed by atoms with E-state index in [0.29, 0.717) is 49.9 Å². The smallest absolute Gasteiger partial charge is 0.340 e. The minimum absolute atomic E-state index is 0.174. The molecule has 5 aliphatic heterocycles. The lowest BCUT2D eigenvalue weighted by Crippen LogP contribution is -2.29. The molecule has 3 fully saturated rings. The normalized spacial score (nSPS) is 20.2. The van der Waals surface area contributed by atoms with Crippen LogP contribution in [-0.4, -0.2) is 96.3 Å². The molecule has 0 N–H and O–H groups in total. The van der Waals surface area contributed by atoms with Gasteiger partial charge in [0.1, 0.15) is 61.5 Å². The highest BCUT2D eigenvalue weighted by Gasteiger charge is 2.50. The van der Waals surface area contributed by atoms with E-state index < -0.39 is 11.2 Å². The van der Waals surface area contributed by atoms with E-state index >= 15 is 0 Å². The minimum atomic E-state index is -1.09. The van der Waals surface area contributed by atoms with E-state index in [1.54, 1.807) is 13.2 Å². The molecule has 12 nitrogen and oxygen atoms in total. The number of cyclic esters (lactones) is 2. The van der Waals surface area contributed by atoms with Crippen molar-refractivity contribution >= 4 is 11.9 Å². The molecule has 0 saturated carbocycles. The number of aryl methyl sites for hydroxylation is 1. The van der Waals surface area contributed by atoms with Gasteiger partial charge in [-0.1, -0.05) is 186 Å². The molecule has 0 aromatic heterocycles. The molecule has 0 radical (unpaired) electrons. The van der Waals surface area contributed by atoms with Gasteiger partial charge in [0.05, 0.1) is 44.2 Å². The summed E-state index contributed by atoms with van der Waals surface area (Å²) in [7, 11) is 1.64. The van der Waals surface area contributed by atoms with Crippen molar-refractivity contribution in [3.05, 3.63) is 196 Å². The molecule has 0 bridgehead atoms. The Hall–Kier alpha value is -6.54. The number of hydrogen-bond donors (Lipinski definition) is 0. The molecule has 78 heavy (non-hydrogen) atoms. The van der Waals surface area contributed by atoms with Gasteiger partial charge in [0.25, 0.3) is 0 Å². The van der Waals surface area contributed by atoms with Gasteiger partial charge in [-0.05, 0) is 55.5 Å². The minimum Gasteiger partial charge on any atom is -0.491 e. The van der Waals surface area contributed by atoms with E-state index in [9.17, 15) is 9.59 Å². The maximum Gasteiger partial charge on any atom is 0.340 e. The number of rotatable bonds is 18. The highest BCUT2D eigenvalue weighted by atomic mass is 16.6. The molecule has 5 heterocycles. The first-order valence-electron chi connectivity index (χ1n) is 28.2. The summed E-state index contributed by atoms with van der Waals surface area (Å²) in [5, 5.41) is 0. The highest BCUT2D eigenvalue weighted by molar-refractivity contribution is 5.97. The molecular formula is C66H86O12. The third-order valence-electron chi connectivity index (χ3n) is 12.2. The van der Waals surface area contributed by atoms with E-state index in [2.05, 4.69) is 0 Å². The Bertz CT molecular complexity index is 2640. The quantitative estimate of drug-likeness (QED) is 0.0598. The fourth-order valence-corrected chi connectivity index (χ4v) is 8.41. The molecule has 6 atom stereocenters. The molecular weight excluding hydrogens is 985 g/mol. The molecule has 12 heteroatoms. The number of fused-ring (bicyclic) bond motifs is 2. The number of benzene rings is 6. The third-order valence-corrected chi connectivity index (χ3v) is 12.2. The second kappa shape index (κ2) is 33.0. The average molecular weight is 1070 g/mol. The Morgan fingerprint density at radius 2 is 0.756 bits per heavy atom. The molecule has 6 aromatic carbocycles. The van der Waals surface area contributed by atoms with Crippen molar-refractivity contribution in [3.8, 4) is 17.2 Å². The molecule has 0 amide bonds. The summed E-state index contributed by atoms with van der Waals surface area (Å²) in [6.45, 7) is 30.7. The van der Waals surface area contributed by atoms with Crippen LogP contribution in [-0.2, 0) is 44.4 Å². The van der Waals surface area contributed by atoms with Gasteiger partial charge < -0.3 is 47.4 Å². The summed E-state index contributed by atoms with van der Waals surface area (Å²) in [4.78, 5) is 25.7. The first-order chi connectivity index (χ1) is 38.3. The van der Waals surface area contributed by atoms with Gasteiger partial charge in [0, 0.05) is 40.5 Å². The summed E-state index contributed by atoms with van der Waals surface area (Å²) < 4.78 is 56.6. The first-order valence-corrected chi connectivity index (χ1v) is 28.2. The summed E-state index contributed by atoms with van der Waals surface area (Å²) in [5.41, 5.74) is 5.40. The SMILES string of the molecule is CC.CC.CC.CC.CC.CC.COCC(COc1ccc(C2(c3ccc(OCC4CO4)cc3)OC(=O)c3ccccc32)cc1)OCC1CO1.Cc1ccc(C2(c3ccc(OCC4CO4)cc3)OC(=O)c3ccccc32)cc1. The van der Waals surface area contributed by atoms with Crippen LogP contribution in [0.3, 0.4) is 0 Å². The number of esters is 2. The van der Waals surface area contributed by atoms with Crippen LogP contribution in [0.4, 0.5) is 0 Å². The van der Waals surface area contributed by atoms with Crippen molar-refractivity contribution in [2.45, 2.75) is 126 Å². The van der Waals surface area contributed by atoms with Crippen LogP contribution in [0.5, 0.6) is 17.2 Å². The second-order valence-electron chi connectivity index (χ2n) is 16.9. The van der Waals surface area contributed by atoms with Crippen LogP contribution in [0.25, 0.3) is 0 Å². The van der Waals surface area contributed by atoms with Crippen LogP contribution in [0, 0.1) is 6.92 Å². The number of carbonyl (C=O) groups is 2. The number of ether oxygens (including phenoxy) is 10. The van der Waals surface area contributed by atoms with Gasteiger partial charge in [-0.15, -0.1) is 0 Å². The predicted octanol–water partition coefficient (Wildman–Crippen LogP) is 14.1. The molecule has 6 aromatic rings. The van der Waals surface area contributed by atoms with Crippen molar-refractivity contribution in [1.82, 2.24) is 0 Å². The zero-order valence-electron chi connectivity index (χ0n) is 48.7. The molecule has 422 valence electrons. The zero-order valence-corrected chi connectivity index (χ0v) is 48.7. The van der Waals surface area contributed by atoms with Gasteiger partial charge in [-0.2, -0.15) is 0 Å². The summed E-state index contributed by atoms with van der Waals surface area (Å²) >= 11 is 0. The molecule has 3 saturated heterocycles. The topological polar surface area (TPSA) is 136 Å². The van der Waals surface area contributed by atoms with Gasteiger partial charge in [-0.3, -0.25) is 0 Å². The van der Waals surface area contributed by atoms with E-state index in [0.717, 1.165) is 70.3 Å². The van der Waals surface area contributed by atoms with Gasteiger partial charge in [0.15, 0.2) is 11.2 Å². The van der Waals surface area contributed by atoms with Crippen molar-refractivity contribution < 1.29 is 57.0 Å². The Balaban J connectivity index is 0.000000291. The highest BCUT2D eigenvalue weighted by Crippen LogP contribution is 2.49. The largest absolute Gasteiger partial charge is 0.491 e. The molecule has 0 aliphatic carbocycles. The monoisotopic (exact) mass is 1070 g/mol. The number of methoxy groups -OCH3 is 1. The predicted molar refractivity (Wildman–Crippen MR) is 309 cm³/mol. The standard InChI is InChI=1S/C30H30O8.C24H20O4.6C2H6/c1-32-14-24(35-17-26-19-37-26)15-33-22-10-6-20(7-11-22)30(28-5-3-2-4-27(28)29(31)38-30)21-8-12-23(13-9-21)34-16-25-18-36-25;1-16-6-8-17(9-7-16)24(22-5-3-2-4-21(22)23(25)28-24)18-10-12-19(13-11-18)26-14-20-15-27-20;6*1-2/h2-13,24-26H,14-19H2,1H3;2-13,20H,14-15H2,1H3;6*1-2H3. The third kappa shape index (κ3) is 16.3. The first kappa shape index (κ1) is 64.0. The maximum atomic E-state index is 13.0. The van der Waals surface area contributed by atoms with Crippen molar-refractivity contribution in [3.63, 3.8) is 0 Å². The fourth-order valence-electron chi connectivity index (χ4n) is 8.41. The Morgan fingerprint density at radius 1 is 0.436 bits per heavy atom. The lowest BCUT2D eigenvalue weighted by Gasteiger charge is -2.30. The number of hydrogen-bond acceptors (Lipinski definition) is 12. The molecule has 0 spiro atoms. The number of epoxide rings is 3. The van der Waals surface area contributed by atoms with Crippen LogP contribution in [0.2, 0.25) is 0 Å². The van der Waals surface area contributed by atoms with Crippen LogP contribution in [0.15, 0.2) is 146 Å². The van der Waals surface area contributed by atoms with Crippen molar-refractivity contribution in [2.75, 3.05) is 60.0 Å². The van der Waals surface area contributed by atoms with Crippen LogP contribution >= 0.6 is 0 Å². The van der Waals surface area contributed by atoms with Crippen molar-refractivity contribution in [2.24, 2.45) is 0 Å². The summed E-state index contributed by atoms with van der Waals surface area (Å²) in [5.74, 6) is 1.53. The lowest BCUT2D eigenvalue weighted by molar-refractivity contribution is -0.0302. The maximum absolute atomic E-state index is 13.0. The second-order valence-corrected chi connectivity index (χ2v) is 16.9. The molecule has 11 rings (SSSR count). The molecule has 6 unspecified atom stereocenters. The zero-order chi connectivity index (χ0) is 57.1. The Morgan fingerprint density at radius 3 is 1.10 bits per heavy atom. The van der Waals surface area contributed by atoms with E-state index in [4.69, 9.17) is 47.4 Å². The van der Waals surface area contributed by atoms with Gasteiger partial charge in [0.2, 0.25) is 0 Å². The molecule has 5 aliphatic rings. The average Bonchev–Trinajstić information content (AvgIpc) is 4.49. The lowest BCUT2D eigenvalue weighted by atomic mass is 9.80. The van der Waals surface area contributed by atoms with Gasteiger partial charge in [-0.25, -0.2) is 9.59 Å². The van der Waals surface area contributed by atoms with Crippen molar-refractivity contribution in [1.29, 1.82) is 0 Å². The van der Waals surface area contributed by atoms with Crippen LogP contribution < -0.4 is 14.2 Å². The Labute approximate surface area is 465 Å². The Kier molecular flexibility index (Phi) is 27.1. The summed E-state index contributed by atoms with van der Waals surface area (Å²) in [6.07, 6.45) is 0.356. The summed E-state index contributed by atoms with van der Waals surface area (Å²) in [6, 6.07) is 46.3. The van der Waals surface area contributed by atoms with Gasteiger partial charge >= 0.3 is 11.9 Å². The number of carbonyl (C=O) groups excluding carboxylic acids is 2.